The second-order valence-electron chi connectivity index (χ2n) is 5.86. The first-order chi connectivity index (χ1) is 8.59. The van der Waals surface area contributed by atoms with Crippen molar-refractivity contribution in [3.63, 3.8) is 0 Å². The van der Waals surface area contributed by atoms with E-state index in [1.165, 1.54) is 4.90 Å². The molecule has 0 aliphatic rings. The van der Waals surface area contributed by atoms with Gasteiger partial charge in [0.05, 0.1) is 12.0 Å². The van der Waals surface area contributed by atoms with Crippen molar-refractivity contribution in [2.75, 3.05) is 13.7 Å². The van der Waals surface area contributed by atoms with E-state index in [0.29, 0.717) is 13.0 Å². The van der Waals surface area contributed by atoms with Gasteiger partial charge in [0, 0.05) is 19.5 Å². The number of amides is 1. The Bertz CT molecular complexity index is 309. The molecule has 5 nitrogen and oxygen atoms in total. The summed E-state index contributed by atoms with van der Waals surface area (Å²) in [5.74, 6) is -0.231. The lowest BCUT2D eigenvalue weighted by Crippen LogP contribution is -2.38. The molecule has 0 aromatic carbocycles. The number of ether oxygens (including phenoxy) is 2. The molecule has 0 aromatic heterocycles. The van der Waals surface area contributed by atoms with Crippen molar-refractivity contribution in [1.82, 2.24) is 4.90 Å². The third-order valence-corrected chi connectivity index (χ3v) is 2.81. The molecule has 2 atom stereocenters. The van der Waals surface area contributed by atoms with Gasteiger partial charge < -0.3 is 14.4 Å². The Labute approximate surface area is 116 Å². The van der Waals surface area contributed by atoms with Gasteiger partial charge in [-0.2, -0.15) is 0 Å². The average molecular weight is 273 g/mol. The van der Waals surface area contributed by atoms with Crippen molar-refractivity contribution in [1.29, 1.82) is 0 Å². The molecule has 0 rings (SSSR count). The molecule has 2 unspecified atom stereocenters. The van der Waals surface area contributed by atoms with Gasteiger partial charge in [0.25, 0.3) is 0 Å². The average Bonchev–Trinajstić information content (AvgIpc) is 2.26. The molecule has 112 valence electrons. The van der Waals surface area contributed by atoms with Crippen molar-refractivity contribution in [3.05, 3.63) is 0 Å². The zero-order valence-electron chi connectivity index (χ0n) is 13.1. The highest BCUT2D eigenvalue weighted by molar-refractivity contribution is 5.75. The van der Waals surface area contributed by atoms with Gasteiger partial charge in [0.15, 0.2) is 0 Å². The monoisotopic (exact) mass is 273 g/mol. The second-order valence-corrected chi connectivity index (χ2v) is 5.86. The highest BCUT2D eigenvalue weighted by atomic mass is 16.6. The Hall–Kier alpha value is -1.26. The molecule has 0 fully saturated rings. The fourth-order valence-corrected chi connectivity index (χ4v) is 1.45. The molecule has 0 aliphatic carbocycles. The summed E-state index contributed by atoms with van der Waals surface area (Å²) in [6.07, 6.45) is -0.0140. The van der Waals surface area contributed by atoms with Gasteiger partial charge >= 0.3 is 12.1 Å². The van der Waals surface area contributed by atoms with Gasteiger partial charge in [-0.25, -0.2) is 4.79 Å². The van der Waals surface area contributed by atoms with Crippen LogP contribution in [0.2, 0.25) is 0 Å². The van der Waals surface area contributed by atoms with Crippen LogP contribution in [0.3, 0.4) is 0 Å². The first-order valence-electron chi connectivity index (χ1n) is 6.70. The molecule has 0 aromatic rings. The Balaban J connectivity index is 4.29. The summed E-state index contributed by atoms with van der Waals surface area (Å²) in [6.45, 7) is 11.3. The van der Waals surface area contributed by atoms with E-state index >= 15 is 0 Å². The van der Waals surface area contributed by atoms with Crippen LogP contribution in [0.15, 0.2) is 0 Å². The Kier molecular flexibility index (Phi) is 6.87. The van der Waals surface area contributed by atoms with Crippen molar-refractivity contribution in [2.24, 2.45) is 5.41 Å². The Morgan fingerprint density at radius 1 is 1.21 bits per heavy atom. The van der Waals surface area contributed by atoms with Gasteiger partial charge in [0.1, 0.15) is 6.10 Å². The summed E-state index contributed by atoms with van der Waals surface area (Å²) in [4.78, 5) is 24.8. The predicted octanol–water partition coefficient (Wildman–Crippen LogP) is 2.83. The number of nitrogens with zero attached hydrogens (tertiary/aromatic N) is 1. The summed E-state index contributed by atoms with van der Waals surface area (Å²) in [6, 6.07) is -0.0539. The van der Waals surface area contributed by atoms with Crippen molar-refractivity contribution in [3.8, 4) is 0 Å². The molecule has 0 aliphatic heterocycles. The highest BCUT2D eigenvalue weighted by Crippen LogP contribution is 2.18. The minimum absolute atomic E-state index is 0.0539. The summed E-state index contributed by atoms with van der Waals surface area (Å²) < 4.78 is 10.3. The van der Waals surface area contributed by atoms with Crippen LogP contribution in [0, 0.1) is 5.41 Å². The van der Waals surface area contributed by atoms with Crippen LogP contribution >= 0.6 is 0 Å². The molecule has 5 heteroatoms. The van der Waals surface area contributed by atoms with E-state index in [-0.39, 0.29) is 24.2 Å². The van der Waals surface area contributed by atoms with Gasteiger partial charge in [0.2, 0.25) is 0 Å². The van der Waals surface area contributed by atoms with Crippen molar-refractivity contribution in [2.45, 2.75) is 60.1 Å². The Morgan fingerprint density at radius 2 is 1.74 bits per heavy atom. The summed E-state index contributed by atoms with van der Waals surface area (Å²) in [5, 5.41) is 0. The SMILES string of the molecule is CCOC(=O)N(C)C(C)CC(C)OC(=O)C(C)(C)C. The summed E-state index contributed by atoms with van der Waals surface area (Å²) in [7, 11) is 1.68. The zero-order chi connectivity index (χ0) is 15.2. The normalized spacial score (nSPS) is 14.5. The fourth-order valence-electron chi connectivity index (χ4n) is 1.45. The molecular formula is C14H27NO4. The van der Waals surface area contributed by atoms with Crippen LogP contribution in [0.4, 0.5) is 4.79 Å². The molecule has 0 heterocycles. The zero-order valence-corrected chi connectivity index (χ0v) is 13.1. The maximum absolute atomic E-state index is 11.7. The van der Waals surface area contributed by atoms with Gasteiger partial charge in [-0.3, -0.25) is 4.79 Å². The van der Waals surface area contributed by atoms with Gasteiger partial charge in [-0.1, -0.05) is 0 Å². The number of hydrogen-bond donors (Lipinski definition) is 0. The molecule has 0 radical (unpaired) electrons. The van der Waals surface area contributed by atoms with Crippen LogP contribution in [0.25, 0.3) is 0 Å². The topological polar surface area (TPSA) is 55.8 Å². The van der Waals surface area contributed by atoms with E-state index in [4.69, 9.17) is 9.47 Å². The number of hydrogen-bond acceptors (Lipinski definition) is 4. The van der Waals surface area contributed by atoms with E-state index in [1.54, 1.807) is 14.0 Å². The molecule has 1 amide bonds. The summed E-state index contributed by atoms with van der Waals surface area (Å²) >= 11 is 0. The first-order valence-corrected chi connectivity index (χ1v) is 6.70. The molecule has 0 saturated carbocycles. The van der Waals surface area contributed by atoms with Crippen LogP contribution in [-0.2, 0) is 14.3 Å². The largest absolute Gasteiger partial charge is 0.462 e. The van der Waals surface area contributed by atoms with E-state index in [9.17, 15) is 9.59 Å². The first kappa shape index (κ1) is 17.7. The standard InChI is InChI=1S/C14H27NO4/c1-8-18-13(17)15(7)10(2)9-11(3)19-12(16)14(4,5)6/h10-11H,8-9H2,1-7H3. The number of rotatable bonds is 5. The van der Waals surface area contributed by atoms with Crippen LogP contribution in [-0.4, -0.2) is 42.8 Å². The third-order valence-electron chi connectivity index (χ3n) is 2.81. The van der Waals surface area contributed by atoms with Crippen molar-refractivity contribution >= 4 is 12.1 Å². The molecule has 0 N–H and O–H groups in total. The molecular weight excluding hydrogens is 246 g/mol. The highest BCUT2D eigenvalue weighted by Gasteiger charge is 2.26. The lowest BCUT2D eigenvalue weighted by molar-refractivity contribution is -0.158. The van der Waals surface area contributed by atoms with Crippen LogP contribution in [0.1, 0.15) is 48.0 Å². The minimum Gasteiger partial charge on any atom is -0.462 e. The van der Waals surface area contributed by atoms with E-state index in [0.717, 1.165) is 0 Å². The van der Waals surface area contributed by atoms with E-state index in [2.05, 4.69) is 0 Å². The summed E-state index contributed by atoms with van der Waals surface area (Å²) in [5.41, 5.74) is -0.509. The van der Waals surface area contributed by atoms with E-state index < -0.39 is 5.41 Å². The van der Waals surface area contributed by atoms with E-state index in [1.807, 2.05) is 34.6 Å². The second kappa shape index (κ2) is 7.36. The number of carbonyl (C=O) groups excluding carboxylic acids is 2. The van der Waals surface area contributed by atoms with Crippen LogP contribution < -0.4 is 0 Å². The Morgan fingerprint density at radius 3 is 2.16 bits per heavy atom. The lowest BCUT2D eigenvalue weighted by Gasteiger charge is -2.27. The molecule has 0 bridgehead atoms. The van der Waals surface area contributed by atoms with Gasteiger partial charge in [-0.05, 0) is 41.5 Å². The lowest BCUT2D eigenvalue weighted by atomic mass is 9.97. The van der Waals surface area contributed by atoms with Crippen molar-refractivity contribution < 1.29 is 19.1 Å². The van der Waals surface area contributed by atoms with Crippen LogP contribution in [0.5, 0.6) is 0 Å². The third kappa shape index (κ3) is 6.45. The number of carbonyl (C=O) groups is 2. The van der Waals surface area contributed by atoms with Gasteiger partial charge in [-0.15, -0.1) is 0 Å². The smallest absolute Gasteiger partial charge is 0.409 e. The number of esters is 1. The molecule has 0 spiro atoms. The molecule has 0 saturated heterocycles. The maximum atomic E-state index is 11.7. The minimum atomic E-state index is -0.509. The molecule has 19 heavy (non-hydrogen) atoms. The fraction of sp³-hybridized carbons (Fsp3) is 0.857. The predicted molar refractivity (Wildman–Crippen MR) is 73.9 cm³/mol. The maximum Gasteiger partial charge on any atom is 0.409 e. The quantitative estimate of drug-likeness (QED) is 0.723.